The molecule has 0 aliphatic carbocycles. The summed E-state index contributed by atoms with van der Waals surface area (Å²) in [6.07, 6.45) is 17.5. The van der Waals surface area contributed by atoms with Crippen molar-refractivity contribution in [2.45, 2.75) is 108 Å². The molecule has 0 saturated carbocycles. The number of hydrogen-bond acceptors (Lipinski definition) is 3. The van der Waals surface area contributed by atoms with Gasteiger partial charge >= 0.3 is 5.97 Å². The standard InChI is InChI=1S/C20H37NO4/c21-18(22)14-12-10-8-6-4-2-1-3-5-7-9-11-13-15-20(19(23)24)16-17-25-20/h1-17H2,(H2,21,22)(H,23,24). The molecule has 1 fully saturated rings. The van der Waals surface area contributed by atoms with Crippen molar-refractivity contribution in [1.29, 1.82) is 0 Å². The molecule has 0 aromatic carbocycles. The van der Waals surface area contributed by atoms with Crippen molar-refractivity contribution in [3.63, 3.8) is 0 Å². The minimum absolute atomic E-state index is 0.183. The van der Waals surface area contributed by atoms with Crippen LogP contribution in [0.5, 0.6) is 0 Å². The molecule has 1 amide bonds. The molecule has 5 nitrogen and oxygen atoms in total. The molecule has 146 valence electrons. The van der Waals surface area contributed by atoms with Gasteiger partial charge in [-0.3, -0.25) is 4.79 Å². The van der Waals surface area contributed by atoms with Crippen LogP contribution in [-0.4, -0.2) is 29.2 Å². The first-order chi connectivity index (χ1) is 12.1. The van der Waals surface area contributed by atoms with Crippen LogP contribution in [0.15, 0.2) is 0 Å². The third kappa shape index (κ3) is 9.83. The fraction of sp³-hybridized carbons (Fsp3) is 0.900. The Hall–Kier alpha value is -1.10. The number of carboxylic acids is 1. The van der Waals surface area contributed by atoms with E-state index in [9.17, 15) is 9.59 Å². The molecule has 25 heavy (non-hydrogen) atoms. The van der Waals surface area contributed by atoms with Gasteiger partial charge in [-0.25, -0.2) is 4.79 Å². The van der Waals surface area contributed by atoms with Gasteiger partial charge in [0.25, 0.3) is 0 Å². The topological polar surface area (TPSA) is 89.6 Å². The number of carbonyl (C=O) groups excluding carboxylic acids is 1. The number of rotatable bonds is 17. The minimum atomic E-state index is -0.847. The van der Waals surface area contributed by atoms with Gasteiger partial charge in [-0.15, -0.1) is 0 Å². The van der Waals surface area contributed by atoms with Crippen molar-refractivity contribution in [2.24, 2.45) is 5.73 Å². The summed E-state index contributed by atoms with van der Waals surface area (Å²) in [4.78, 5) is 21.8. The molecular formula is C20H37NO4. The highest BCUT2D eigenvalue weighted by atomic mass is 16.5. The molecule has 1 heterocycles. The maximum absolute atomic E-state index is 11.2. The van der Waals surface area contributed by atoms with Gasteiger partial charge in [0.1, 0.15) is 0 Å². The van der Waals surface area contributed by atoms with Crippen molar-refractivity contribution in [3.8, 4) is 0 Å². The molecule has 0 aromatic rings. The van der Waals surface area contributed by atoms with Gasteiger partial charge < -0.3 is 15.6 Å². The van der Waals surface area contributed by atoms with E-state index >= 15 is 0 Å². The summed E-state index contributed by atoms with van der Waals surface area (Å²) in [6.45, 7) is 0.597. The Balaban J connectivity index is 1.76. The third-order valence-electron chi connectivity index (χ3n) is 5.28. The Labute approximate surface area is 152 Å². The molecule has 5 heteroatoms. The molecule has 1 saturated heterocycles. The maximum atomic E-state index is 11.2. The number of aliphatic carboxylic acids is 1. The molecule has 1 unspecified atom stereocenters. The van der Waals surface area contributed by atoms with E-state index in [1.54, 1.807) is 0 Å². The molecule has 0 aromatic heterocycles. The number of carboxylic acid groups (broad SMARTS) is 1. The molecule has 0 spiro atoms. The smallest absolute Gasteiger partial charge is 0.336 e. The molecule has 1 aliphatic rings. The van der Waals surface area contributed by atoms with Gasteiger partial charge in [-0.1, -0.05) is 70.6 Å². The van der Waals surface area contributed by atoms with Gasteiger partial charge in [0.05, 0.1) is 6.61 Å². The zero-order valence-electron chi connectivity index (χ0n) is 15.8. The second-order valence-electron chi connectivity index (χ2n) is 7.46. The Kier molecular flexibility index (Phi) is 11.5. The first kappa shape index (κ1) is 21.9. The molecule has 3 N–H and O–H groups in total. The fourth-order valence-electron chi connectivity index (χ4n) is 3.48. The van der Waals surface area contributed by atoms with Crippen LogP contribution in [0.4, 0.5) is 0 Å². The lowest BCUT2D eigenvalue weighted by atomic mass is 9.88. The van der Waals surface area contributed by atoms with Crippen LogP contribution < -0.4 is 5.73 Å². The van der Waals surface area contributed by atoms with Gasteiger partial charge in [0, 0.05) is 12.8 Å². The summed E-state index contributed by atoms with van der Waals surface area (Å²) in [5, 5.41) is 9.17. The quantitative estimate of drug-likeness (QED) is 0.374. The molecule has 1 aliphatic heterocycles. The normalized spacial score (nSPS) is 19.5. The van der Waals surface area contributed by atoms with E-state index in [0.717, 1.165) is 25.7 Å². The van der Waals surface area contributed by atoms with E-state index < -0.39 is 11.6 Å². The van der Waals surface area contributed by atoms with Crippen molar-refractivity contribution in [3.05, 3.63) is 0 Å². The van der Waals surface area contributed by atoms with E-state index in [2.05, 4.69) is 0 Å². The predicted octanol–water partition coefficient (Wildman–Crippen LogP) is 4.57. The zero-order chi connectivity index (χ0) is 18.4. The van der Waals surface area contributed by atoms with E-state index in [-0.39, 0.29) is 5.91 Å². The van der Waals surface area contributed by atoms with Gasteiger partial charge in [-0.05, 0) is 19.3 Å². The summed E-state index contributed by atoms with van der Waals surface area (Å²) >= 11 is 0. The average Bonchev–Trinajstić information content (AvgIpc) is 2.52. The number of carbonyl (C=O) groups is 2. The number of hydrogen-bond donors (Lipinski definition) is 2. The number of ether oxygens (including phenoxy) is 1. The zero-order valence-corrected chi connectivity index (χ0v) is 15.8. The highest BCUT2D eigenvalue weighted by molar-refractivity contribution is 5.78. The van der Waals surface area contributed by atoms with Crippen LogP contribution in [0.2, 0.25) is 0 Å². The summed E-state index contributed by atoms with van der Waals surface area (Å²) < 4.78 is 5.28. The molecular weight excluding hydrogens is 318 g/mol. The number of unbranched alkanes of at least 4 members (excludes halogenated alkanes) is 12. The Morgan fingerprint density at radius 3 is 1.52 bits per heavy atom. The first-order valence-corrected chi connectivity index (χ1v) is 10.2. The monoisotopic (exact) mass is 355 g/mol. The average molecular weight is 356 g/mol. The molecule has 0 radical (unpaired) electrons. The maximum Gasteiger partial charge on any atom is 0.336 e. The van der Waals surface area contributed by atoms with Crippen LogP contribution >= 0.6 is 0 Å². The summed E-state index contributed by atoms with van der Waals surface area (Å²) in [5.41, 5.74) is 4.26. The van der Waals surface area contributed by atoms with E-state index in [0.29, 0.717) is 25.9 Å². The fourth-order valence-corrected chi connectivity index (χ4v) is 3.48. The van der Waals surface area contributed by atoms with Gasteiger partial charge in [0.15, 0.2) is 5.60 Å². The third-order valence-corrected chi connectivity index (χ3v) is 5.28. The van der Waals surface area contributed by atoms with Crippen molar-refractivity contribution < 1.29 is 19.4 Å². The first-order valence-electron chi connectivity index (χ1n) is 10.2. The molecule has 1 rings (SSSR count). The second kappa shape index (κ2) is 13.2. The Bertz CT molecular complexity index is 380. The van der Waals surface area contributed by atoms with Crippen molar-refractivity contribution in [2.75, 3.05) is 6.61 Å². The lowest BCUT2D eigenvalue weighted by Gasteiger charge is -2.37. The lowest BCUT2D eigenvalue weighted by molar-refractivity contribution is -0.196. The van der Waals surface area contributed by atoms with E-state index in [1.807, 2.05) is 0 Å². The SMILES string of the molecule is NC(=O)CCCCCCCCCCCCCCCC1(C(=O)O)CCO1. The van der Waals surface area contributed by atoms with Crippen molar-refractivity contribution in [1.82, 2.24) is 0 Å². The van der Waals surface area contributed by atoms with Gasteiger partial charge in [-0.2, -0.15) is 0 Å². The predicted molar refractivity (Wildman–Crippen MR) is 99.4 cm³/mol. The Morgan fingerprint density at radius 1 is 0.800 bits per heavy atom. The molecule has 0 bridgehead atoms. The lowest BCUT2D eigenvalue weighted by Crippen LogP contribution is -2.50. The van der Waals surface area contributed by atoms with Crippen LogP contribution in [-0.2, 0) is 14.3 Å². The highest BCUT2D eigenvalue weighted by Gasteiger charge is 2.45. The van der Waals surface area contributed by atoms with E-state index in [1.165, 1.54) is 57.8 Å². The Morgan fingerprint density at radius 2 is 1.20 bits per heavy atom. The second-order valence-corrected chi connectivity index (χ2v) is 7.46. The number of nitrogens with two attached hydrogens (primary N) is 1. The molecule has 1 atom stereocenters. The minimum Gasteiger partial charge on any atom is -0.479 e. The number of amides is 1. The largest absolute Gasteiger partial charge is 0.479 e. The van der Waals surface area contributed by atoms with Crippen LogP contribution in [0, 0.1) is 0 Å². The summed E-state index contributed by atoms with van der Waals surface area (Å²) in [6, 6.07) is 0. The van der Waals surface area contributed by atoms with Crippen molar-refractivity contribution >= 4 is 11.9 Å². The van der Waals surface area contributed by atoms with E-state index in [4.69, 9.17) is 15.6 Å². The highest BCUT2D eigenvalue weighted by Crippen LogP contribution is 2.32. The summed E-state index contributed by atoms with van der Waals surface area (Å²) in [5.74, 6) is -0.968. The summed E-state index contributed by atoms with van der Waals surface area (Å²) in [7, 11) is 0. The van der Waals surface area contributed by atoms with Crippen LogP contribution in [0.1, 0.15) is 103 Å². The van der Waals surface area contributed by atoms with Crippen LogP contribution in [0.3, 0.4) is 0 Å². The van der Waals surface area contributed by atoms with Crippen LogP contribution in [0.25, 0.3) is 0 Å². The number of primary amides is 1. The van der Waals surface area contributed by atoms with Gasteiger partial charge in [0.2, 0.25) is 5.91 Å².